The summed E-state index contributed by atoms with van der Waals surface area (Å²) in [6.07, 6.45) is 0. The zero-order valence-electron chi connectivity index (χ0n) is 7.22. The molecule has 0 aliphatic rings. The van der Waals surface area contributed by atoms with E-state index < -0.39 is 5.24 Å². The van der Waals surface area contributed by atoms with E-state index in [0.29, 0.717) is 0 Å². The number of hydrogen-bond acceptors (Lipinski definition) is 3. The summed E-state index contributed by atoms with van der Waals surface area (Å²) >= 11 is 5.19. The maximum atomic E-state index is 10.6. The van der Waals surface area contributed by atoms with Gasteiger partial charge in [-0.1, -0.05) is 25.9 Å². The Balaban J connectivity index is 3.00. The Morgan fingerprint density at radius 2 is 2.17 bits per heavy atom. The van der Waals surface area contributed by atoms with Gasteiger partial charge in [-0.3, -0.25) is 4.79 Å². The molecule has 0 amide bonds. The molecule has 12 heavy (non-hydrogen) atoms. The number of nitrogens with zero attached hydrogens (tertiary/aromatic N) is 1. The van der Waals surface area contributed by atoms with E-state index in [1.165, 1.54) is 0 Å². The van der Waals surface area contributed by atoms with Gasteiger partial charge in [-0.05, 0) is 11.6 Å². The van der Waals surface area contributed by atoms with Gasteiger partial charge in [0.15, 0.2) is 0 Å². The van der Waals surface area contributed by atoms with Crippen LogP contribution < -0.4 is 0 Å². The number of halogens is 1. The maximum absolute atomic E-state index is 10.6. The lowest BCUT2D eigenvalue weighted by Gasteiger charge is -2.12. The molecule has 0 fully saturated rings. The van der Waals surface area contributed by atoms with Crippen molar-refractivity contribution in [2.75, 3.05) is 0 Å². The number of carbonyl (C=O) groups is 1. The smallest absolute Gasteiger partial charge is 0.290 e. The van der Waals surface area contributed by atoms with Crippen molar-refractivity contribution in [3.63, 3.8) is 0 Å². The lowest BCUT2D eigenvalue weighted by Crippen LogP contribution is -2.11. The monoisotopic (exact) mass is 187 g/mol. The molecule has 0 aromatic carbocycles. The first-order valence-corrected chi connectivity index (χ1v) is 3.96. The van der Waals surface area contributed by atoms with Crippen molar-refractivity contribution in [2.45, 2.75) is 26.2 Å². The normalized spacial score (nSPS) is 11.7. The van der Waals surface area contributed by atoms with E-state index in [9.17, 15) is 4.79 Å². The SMILES string of the molecule is CC(C)(C)c1cc(C(=O)Cl)on1. The highest BCUT2D eigenvalue weighted by Gasteiger charge is 2.20. The molecule has 0 spiro atoms. The largest absolute Gasteiger partial charge is 0.351 e. The molecule has 0 aliphatic carbocycles. The number of carbonyl (C=O) groups excluding carboxylic acids is 1. The highest BCUT2D eigenvalue weighted by Crippen LogP contribution is 2.21. The molecule has 1 rings (SSSR count). The van der Waals surface area contributed by atoms with Crippen molar-refractivity contribution >= 4 is 16.8 Å². The molecule has 1 aromatic rings. The van der Waals surface area contributed by atoms with Gasteiger partial charge in [0.05, 0.1) is 5.69 Å². The molecule has 0 atom stereocenters. The molecule has 4 heteroatoms. The van der Waals surface area contributed by atoms with Crippen LogP contribution in [0.4, 0.5) is 0 Å². The molecule has 0 saturated heterocycles. The van der Waals surface area contributed by atoms with Gasteiger partial charge in [0.25, 0.3) is 5.24 Å². The van der Waals surface area contributed by atoms with Crippen molar-refractivity contribution in [1.29, 1.82) is 0 Å². The standard InChI is InChI=1S/C8H10ClNO2/c1-8(2,3)6-4-5(7(9)11)12-10-6/h4H,1-3H3. The van der Waals surface area contributed by atoms with Crippen LogP contribution >= 0.6 is 11.6 Å². The molecule has 1 aromatic heterocycles. The first-order chi connectivity index (χ1) is 5.41. The lowest BCUT2D eigenvalue weighted by atomic mass is 9.92. The Hall–Kier alpha value is -0.830. The number of aromatic nitrogens is 1. The molecule has 0 saturated carbocycles. The van der Waals surface area contributed by atoms with E-state index in [-0.39, 0.29) is 11.2 Å². The number of rotatable bonds is 1. The summed E-state index contributed by atoms with van der Waals surface area (Å²) in [4.78, 5) is 10.6. The van der Waals surface area contributed by atoms with Gasteiger partial charge in [-0.2, -0.15) is 0 Å². The van der Waals surface area contributed by atoms with E-state index in [2.05, 4.69) is 5.16 Å². The van der Waals surface area contributed by atoms with Gasteiger partial charge >= 0.3 is 0 Å². The lowest BCUT2D eigenvalue weighted by molar-refractivity contribution is 0.104. The third kappa shape index (κ3) is 1.85. The van der Waals surface area contributed by atoms with Crippen LogP contribution in [0.2, 0.25) is 0 Å². The highest BCUT2D eigenvalue weighted by molar-refractivity contribution is 6.67. The Bertz CT molecular complexity index is 298. The van der Waals surface area contributed by atoms with E-state index in [0.717, 1.165) is 5.69 Å². The van der Waals surface area contributed by atoms with Crippen LogP contribution in [0, 0.1) is 0 Å². The van der Waals surface area contributed by atoms with Gasteiger partial charge < -0.3 is 4.52 Å². The van der Waals surface area contributed by atoms with Crippen LogP contribution in [0.15, 0.2) is 10.6 Å². The van der Waals surface area contributed by atoms with Gasteiger partial charge in [0.2, 0.25) is 5.76 Å². The summed E-state index contributed by atoms with van der Waals surface area (Å²) in [5.74, 6) is 0.0987. The average molecular weight is 188 g/mol. The second kappa shape index (κ2) is 2.90. The van der Waals surface area contributed by atoms with Gasteiger partial charge in [-0.25, -0.2) is 0 Å². The molecule has 3 nitrogen and oxygen atoms in total. The molecule has 0 bridgehead atoms. The second-order valence-corrected chi connectivity index (χ2v) is 3.94. The van der Waals surface area contributed by atoms with Crippen molar-refractivity contribution in [3.8, 4) is 0 Å². The molecule has 0 aliphatic heterocycles. The first-order valence-electron chi connectivity index (χ1n) is 3.58. The predicted octanol–water partition coefficient (Wildman–Crippen LogP) is 2.35. The van der Waals surface area contributed by atoms with Crippen LogP contribution in [0.5, 0.6) is 0 Å². The maximum Gasteiger partial charge on any atom is 0.290 e. The molecule has 0 unspecified atom stereocenters. The van der Waals surface area contributed by atoms with Gasteiger partial charge in [0, 0.05) is 11.5 Å². The van der Waals surface area contributed by atoms with E-state index in [4.69, 9.17) is 16.1 Å². The number of hydrogen-bond donors (Lipinski definition) is 0. The average Bonchev–Trinajstić information content (AvgIpc) is 2.30. The molecule has 0 radical (unpaired) electrons. The Kier molecular flexibility index (Phi) is 2.24. The minimum Gasteiger partial charge on any atom is -0.351 e. The minimum atomic E-state index is -0.613. The second-order valence-electron chi connectivity index (χ2n) is 3.60. The van der Waals surface area contributed by atoms with E-state index >= 15 is 0 Å². The Morgan fingerprint density at radius 3 is 2.42 bits per heavy atom. The van der Waals surface area contributed by atoms with Crippen LogP contribution in [0.3, 0.4) is 0 Å². The van der Waals surface area contributed by atoms with Crippen LogP contribution in [0.1, 0.15) is 37.0 Å². The molecular formula is C8H10ClNO2. The quantitative estimate of drug-likeness (QED) is 0.634. The predicted molar refractivity (Wildman–Crippen MR) is 45.4 cm³/mol. The summed E-state index contributed by atoms with van der Waals surface area (Å²) < 4.78 is 4.72. The fourth-order valence-corrected chi connectivity index (χ4v) is 0.810. The Labute approximate surface area is 75.7 Å². The summed E-state index contributed by atoms with van der Waals surface area (Å²) in [6, 6.07) is 1.56. The summed E-state index contributed by atoms with van der Waals surface area (Å²) in [5.41, 5.74) is 0.611. The highest BCUT2D eigenvalue weighted by atomic mass is 35.5. The molecule has 1 heterocycles. The molecule has 66 valence electrons. The topological polar surface area (TPSA) is 43.1 Å². The van der Waals surface area contributed by atoms with Crippen molar-refractivity contribution in [2.24, 2.45) is 0 Å². The molecular weight excluding hydrogens is 178 g/mol. The zero-order valence-corrected chi connectivity index (χ0v) is 7.97. The zero-order chi connectivity index (χ0) is 9.35. The minimum absolute atomic E-state index is 0.0987. The first kappa shape index (κ1) is 9.26. The van der Waals surface area contributed by atoms with Crippen molar-refractivity contribution in [3.05, 3.63) is 17.5 Å². The van der Waals surface area contributed by atoms with E-state index in [1.807, 2.05) is 20.8 Å². The van der Waals surface area contributed by atoms with Crippen LogP contribution in [-0.4, -0.2) is 10.4 Å². The third-order valence-corrected chi connectivity index (χ3v) is 1.66. The summed E-state index contributed by atoms with van der Waals surface area (Å²) in [7, 11) is 0. The fraction of sp³-hybridized carbons (Fsp3) is 0.500. The van der Waals surface area contributed by atoms with Crippen molar-refractivity contribution in [1.82, 2.24) is 5.16 Å². The summed E-state index contributed by atoms with van der Waals surface area (Å²) in [6.45, 7) is 5.94. The molecule has 0 N–H and O–H groups in total. The Morgan fingerprint density at radius 1 is 1.58 bits per heavy atom. The van der Waals surface area contributed by atoms with Crippen molar-refractivity contribution < 1.29 is 9.32 Å². The van der Waals surface area contributed by atoms with Crippen LogP contribution in [-0.2, 0) is 5.41 Å². The fourth-order valence-electron chi connectivity index (χ4n) is 0.721. The van der Waals surface area contributed by atoms with E-state index in [1.54, 1.807) is 6.07 Å². The third-order valence-electron chi connectivity index (χ3n) is 1.47. The van der Waals surface area contributed by atoms with Gasteiger partial charge in [-0.15, -0.1) is 0 Å². The van der Waals surface area contributed by atoms with Crippen LogP contribution in [0.25, 0.3) is 0 Å². The van der Waals surface area contributed by atoms with Gasteiger partial charge in [0.1, 0.15) is 0 Å². The summed E-state index contributed by atoms with van der Waals surface area (Å²) in [5, 5.41) is 3.12.